The number of esters is 2. The SMILES string of the molecule is C/C=C/CCCCCC(CCCCCCCCCC)COC(=O)CCCCCN(CCO)CCCCCC(=O)OCC(CCCCCCCC)CCCCCCCCCC. The molecule has 0 rings (SSSR count). The third-order valence-corrected chi connectivity index (χ3v) is 12.7. The molecule has 0 heterocycles. The Balaban J connectivity index is 4.36. The number of rotatable bonds is 49. The molecule has 0 radical (unpaired) electrons. The third-order valence-electron chi connectivity index (χ3n) is 12.7. The molecule has 0 aliphatic rings. The van der Waals surface area contributed by atoms with Gasteiger partial charge in [-0.25, -0.2) is 0 Å². The quantitative estimate of drug-likeness (QED) is 0.0373. The fourth-order valence-corrected chi connectivity index (χ4v) is 8.61. The lowest BCUT2D eigenvalue weighted by Crippen LogP contribution is -2.29. The van der Waals surface area contributed by atoms with E-state index < -0.39 is 0 Å². The maximum absolute atomic E-state index is 12.7. The summed E-state index contributed by atoms with van der Waals surface area (Å²) in [5, 5.41) is 9.67. The smallest absolute Gasteiger partial charge is 0.305 e. The second-order valence-electron chi connectivity index (χ2n) is 18.6. The molecule has 0 saturated heterocycles. The van der Waals surface area contributed by atoms with Crippen LogP contribution in [0.4, 0.5) is 0 Å². The number of hydrogen-bond donors (Lipinski definition) is 1. The molecule has 0 aliphatic heterocycles. The molecular formula is C54H105NO5. The summed E-state index contributed by atoms with van der Waals surface area (Å²) in [6.45, 7) is 12.8. The summed E-state index contributed by atoms with van der Waals surface area (Å²) in [4.78, 5) is 27.7. The van der Waals surface area contributed by atoms with E-state index in [2.05, 4.69) is 44.7 Å². The van der Waals surface area contributed by atoms with E-state index in [1.54, 1.807) is 0 Å². The van der Waals surface area contributed by atoms with Gasteiger partial charge in [-0.1, -0.05) is 200 Å². The molecule has 60 heavy (non-hydrogen) atoms. The van der Waals surface area contributed by atoms with E-state index in [0.717, 1.165) is 51.6 Å². The highest BCUT2D eigenvalue weighted by molar-refractivity contribution is 5.69. The highest BCUT2D eigenvalue weighted by Gasteiger charge is 2.14. The van der Waals surface area contributed by atoms with Gasteiger partial charge in [-0.15, -0.1) is 0 Å². The van der Waals surface area contributed by atoms with Crippen molar-refractivity contribution in [3.63, 3.8) is 0 Å². The fraction of sp³-hybridized carbons (Fsp3) is 0.926. The summed E-state index contributed by atoms with van der Waals surface area (Å²) in [5.74, 6) is 0.943. The maximum atomic E-state index is 12.7. The van der Waals surface area contributed by atoms with Crippen molar-refractivity contribution in [1.29, 1.82) is 0 Å². The predicted octanol–water partition coefficient (Wildman–Crippen LogP) is 16.1. The van der Waals surface area contributed by atoms with Crippen molar-refractivity contribution in [2.75, 3.05) is 39.5 Å². The molecule has 0 aliphatic carbocycles. The average Bonchev–Trinajstić information content (AvgIpc) is 3.25. The molecule has 0 saturated carbocycles. The first kappa shape index (κ1) is 58.6. The third kappa shape index (κ3) is 43.3. The molecular weight excluding hydrogens is 743 g/mol. The van der Waals surface area contributed by atoms with E-state index in [1.807, 2.05) is 0 Å². The van der Waals surface area contributed by atoms with Crippen molar-refractivity contribution >= 4 is 11.9 Å². The van der Waals surface area contributed by atoms with E-state index in [0.29, 0.717) is 44.4 Å². The van der Waals surface area contributed by atoms with Crippen LogP contribution in [0.2, 0.25) is 0 Å². The molecule has 0 aromatic heterocycles. The van der Waals surface area contributed by atoms with Crippen molar-refractivity contribution in [2.24, 2.45) is 11.8 Å². The number of aliphatic hydroxyl groups excluding tert-OH is 1. The van der Waals surface area contributed by atoms with E-state index in [4.69, 9.17) is 9.47 Å². The fourth-order valence-electron chi connectivity index (χ4n) is 8.61. The Morgan fingerprint density at radius 2 is 0.783 bits per heavy atom. The van der Waals surface area contributed by atoms with Crippen LogP contribution in [0.5, 0.6) is 0 Å². The normalized spacial score (nSPS) is 12.8. The molecule has 0 amide bonds. The molecule has 6 nitrogen and oxygen atoms in total. The van der Waals surface area contributed by atoms with Crippen LogP contribution in [0.15, 0.2) is 12.2 Å². The zero-order valence-electron chi connectivity index (χ0n) is 40.9. The first-order chi connectivity index (χ1) is 29.5. The van der Waals surface area contributed by atoms with E-state index in [1.165, 1.54) is 193 Å². The minimum Gasteiger partial charge on any atom is -0.465 e. The second-order valence-corrected chi connectivity index (χ2v) is 18.6. The molecule has 6 heteroatoms. The Bertz CT molecular complexity index is 909. The lowest BCUT2D eigenvalue weighted by atomic mass is 9.94. The lowest BCUT2D eigenvalue weighted by molar-refractivity contribution is -0.146. The molecule has 0 bridgehead atoms. The molecule has 2 atom stereocenters. The molecule has 356 valence electrons. The highest BCUT2D eigenvalue weighted by Crippen LogP contribution is 2.22. The first-order valence-electron chi connectivity index (χ1n) is 26.8. The van der Waals surface area contributed by atoms with Gasteiger partial charge in [-0.2, -0.15) is 0 Å². The van der Waals surface area contributed by atoms with Crippen LogP contribution in [-0.4, -0.2) is 61.4 Å². The first-order valence-corrected chi connectivity index (χ1v) is 26.8. The van der Waals surface area contributed by atoms with Gasteiger partial charge in [0.1, 0.15) is 0 Å². The largest absolute Gasteiger partial charge is 0.465 e. The van der Waals surface area contributed by atoms with Crippen molar-refractivity contribution in [1.82, 2.24) is 4.90 Å². The molecule has 0 aromatic rings. The Kier molecular flexibility index (Phi) is 47.5. The number of ether oxygens (including phenoxy) is 2. The van der Waals surface area contributed by atoms with Crippen LogP contribution in [-0.2, 0) is 19.1 Å². The van der Waals surface area contributed by atoms with Gasteiger partial charge in [-0.05, 0) is 96.1 Å². The van der Waals surface area contributed by atoms with Crippen molar-refractivity contribution in [2.45, 2.75) is 272 Å². The van der Waals surface area contributed by atoms with Gasteiger partial charge in [0.05, 0.1) is 19.8 Å². The summed E-state index contributed by atoms with van der Waals surface area (Å²) in [7, 11) is 0. The topological polar surface area (TPSA) is 76.1 Å². The summed E-state index contributed by atoms with van der Waals surface area (Å²) in [6, 6.07) is 0. The van der Waals surface area contributed by atoms with Crippen molar-refractivity contribution in [3.8, 4) is 0 Å². The number of carbonyl (C=O) groups excluding carboxylic acids is 2. The number of aliphatic hydroxyl groups is 1. The monoisotopic (exact) mass is 848 g/mol. The van der Waals surface area contributed by atoms with Gasteiger partial charge in [0.2, 0.25) is 0 Å². The van der Waals surface area contributed by atoms with Gasteiger partial charge >= 0.3 is 11.9 Å². The second kappa shape index (κ2) is 48.6. The van der Waals surface area contributed by atoms with Gasteiger partial charge in [0.15, 0.2) is 0 Å². The Morgan fingerprint density at radius 3 is 1.13 bits per heavy atom. The summed E-state index contributed by atoms with van der Waals surface area (Å²) < 4.78 is 11.7. The number of carbonyl (C=O) groups is 2. The van der Waals surface area contributed by atoms with Gasteiger partial charge in [0, 0.05) is 19.4 Å². The van der Waals surface area contributed by atoms with E-state index >= 15 is 0 Å². The zero-order valence-corrected chi connectivity index (χ0v) is 40.9. The number of hydrogen-bond acceptors (Lipinski definition) is 6. The molecule has 1 N–H and O–H groups in total. The molecule has 2 unspecified atom stereocenters. The van der Waals surface area contributed by atoms with Crippen LogP contribution >= 0.6 is 0 Å². The van der Waals surface area contributed by atoms with Crippen LogP contribution in [0.25, 0.3) is 0 Å². The Labute approximate surface area is 374 Å². The van der Waals surface area contributed by atoms with Gasteiger partial charge in [0.25, 0.3) is 0 Å². The van der Waals surface area contributed by atoms with Crippen molar-refractivity contribution in [3.05, 3.63) is 12.2 Å². The Morgan fingerprint density at radius 1 is 0.450 bits per heavy atom. The standard InChI is InChI=1S/C54H105NO5/c1-5-9-13-17-21-23-27-33-41-51(39-31-25-19-15-11-7-3)49-59-53(57)43-35-29-37-45-55(47-48-56)46-38-30-36-44-54(58)60-50-52(40-32-26-20-16-12-8-4)42-34-28-24-22-18-14-10-6-2/h7,11,51-52,56H,5-6,8-10,12-50H2,1-4H3/b11-7+. The van der Waals surface area contributed by atoms with Gasteiger partial charge < -0.3 is 19.5 Å². The number of nitrogens with zero attached hydrogens (tertiary/aromatic N) is 1. The van der Waals surface area contributed by atoms with E-state index in [9.17, 15) is 14.7 Å². The maximum Gasteiger partial charge on any atom is 0.305 e. The minimum absolute atomic E-state index is 0.0284. The number of unbranched alkanes of at least 4 members (excludes halogenated alkanes) is 26. The van der Waals surface area contributed by atoms with Crippen molar-refractivity contribution < 1.29 is 24.2 Å². The zero-order chi connectivity index (χ0) is 43.8. The van der Waals surface area contributed by atoms with Crippen LogP contribution < -0.4 is 0 Å². The molecule has 0 spiro atoms. The van der Waals surface area contributed by atoms with Crippen LogP contribution in [0.3, 0.4) is 0 Å². The average molecular weight is 848 g/mol. The molecule has 0 aromatic carbocycles. The van der Waals surface area contributed by atoms with Gasteiger partial charge in [-0.3, -0.25) is 9.59 Å². The number of allylic oxidation sites excluding steroid dienone is 2. The van der Waals surface area contributed by atoms with Crippen LogP contribution in [0.1, 0.15) is 272 Å². The Hall–Kier alpha value is -1.40. The predicted molar refractivity (Wildman–Crippen MR) is 260 cm³/mol. The summed E-state index contributed by atoms with van der Waals surface area (Å²) in [5.41, 5.74) is 0. The van der Waals surface area contributed by atoms with E-state index in [-0.39, 0.29) is 18.5 Å². The summed E-state index contributed by atoms with van der Waals surface area (Å²) in [6.07, 6.45) is 50.1. The van der Waals surface area contributed by atoms with Crippen LogP contribution in [0, 0.1) is 11.8 Å². The molecule has 0 fully saturated rings. The minimum atomic E-state index is -0.0356. The lowest BCUT2D eigenvalue weighted by Gasteiger charge is -2.21. The summed E-state index contributed by atoms with van der Waals surface area (Å²) >= 11 is 0. The highest BCUT2D eigenvalue weighted by atomic mass is 16.5.